The summed E-state index contributed by atoms with van der Waals surface area (Å²) in [5.41, 5.74) is 5.77. The fourth-order valence-electron chi connectivity index (χ4n) is 1.80. The van der Waals surface area contributed by atoms with Gasteiger partial charge in [-0.3, -0.25) is 4.90 Å². The number of rotatable bonds is 3. The van der Waals surface area contributed by atoms with E-state index >= 15 is 0 Å². The first-order chi connectivity index (χ1) is 6.65. The van der Waals surface area contributed by atoms with Gasteiger partial charge in [0.2, 0.25) is 0 Å². The topological polar surface area (TPSA) is 29.3 Å². The van der Waals surface area contributed by atoms with E-state index in [9.17, 15) is 0 Å². The monoisotopic (exact) mass is 274 g/mol. The molecule has 0 spiro atoms. The highest BCUT2D eigenvalue weighted by atomic mass is 79.9. The zero-order valence-electron chi connectivity index (χ0n) is 8.24. The van der Waals surface area contributed by atoms with Crippen molar-refractivity contribution < 1.29 is 0 Å². The predicted octanol–water partition coefficient (Wildman–Crippen LogP) is 2.43. The minimum Gasteiger partial charge on any atom is -0.328 e. The molecule has 1 fully saturated rings. The van der Waals surface area contributed by atoms with Gasteiger partial charge in [0.05, 0.1) is 3.79 Å². The molecule has 0 atom stereocenters. The van der Waals surface area contributed by atoms with Crippen molar-refractivity contribution in [3.63, 3.8) is 0 Å². The highest BCUT2D eigenvalue weighted by Gasteiger charge is 2.29. The van der Waals surface area contributed by atoms with Gasteiger partial charge in [0, 0.05) is 23.5 Å². The van der Waals surface area contributed by atoms with Crippen LogP contribution in [0.1, 0.15) is 17.7 Å². The Hall–Kier alpha value is 0.1000. The summed E-state index contributed by atoms with van der Waals surface area (Å²) in [4.78, 5) is 3.82. The molecule has 0 bridgehead atoms. The lowest BCUT2D eigenvalue weighted by Crippen LogP contribution is -2.48. The van der Waals surface area contributed by atoms with Crippen LogP contribution < -0.4 is 5.73 Å². The first-order valence-electron chi connectivity index (χ1n) is 4.85. The van der Waals surface area contributed by atoms with Gasteiger partial charge in [-0.15, -0.1) is 11.3 Å². The fourth-order valence-corrected chi connectivity index (χ4v) is 3.35. The quantitative estimate of drug-likeness (QED) is 0.918. The summed E-state index contributed by atoms with van der Waals surface area (Å²) in [6, 6.07) is 5.44. The van der Waals surface area contributed by atoms with Crippen LogP contribution in [0.3, 0.4) is 0 Å². The van der Waals surface area contributed by atoms with E-state index in [1.807, 2.05) is 11.3 Å². The molecule has 2 N–H and O–H groups in total. The van der Waals surface area contributed by atoms with Crippen LogP contribution in [-0.4, -0.2) is 24.0 Å². The van der Waals surface area contributed by atoms with Gasteiger partial charge >= 0.3 is 0 Å². The van der Waals surface area contributed by atoms with Crippen molar-refractivity contribution in [1.82, 2.24) is 4.90 Å². The van der Waals surface area contributed by atoms with Crippen molar-refractivity contribution in [3.8, 4) is 0 Å². The van der Waals surface area contributed by atoms with Crippen molar-refractivity contribution in [3.05, 3.63) is 20.8 Å². The molecular weight excluding hydrogens is 260 g/mol. The molecule has 78 valence electrons. The molecule has 1 heterocycles. The van der Waals surface area contributed by atoms with Crippen LogP contribution in [0.15, 0.2) is 15.9 Å². The van der Waals surface area contributed by atoms with Crippen LogP contribution in [0.25, 0.3) is 0 Å². The van der Waals surface area contributed by atoms with Gasteiger partial charge in [-0.1, -0.05) is 0 Å². The summed E-state index contributed by atoms with van der Waals surface area (Å²) in [7, 11) is 2.18. The molecule has 0 saturated heterocycles. The van der Waals surface area contributed by atoms with Crippen molar-refractivity contribution in [2.45, 2.75) is 31.5 Å². The maximum atomic E-state index is 5.77. The third kappa shape index (κ3) is 2.37. The SMILES string of the molecule is CN(Cc1ccc(Br)s1)C1CC(N)C1. The normalized spacial score (nSPS) is 26.6. The Morgan fingerprint density at radius 1 is 1.57 bits per heavy atom. The minimum absolute atomic E-state index is 0.442. The third-order valence-corrected chi connectivity index (χ3v) is 4.42. The predicted molar refractivity (Wildman–Crippen MR) is 64.5 cm³/mol. The highest BCUT2D eigenvalue weighted by Crippen LogP contribution is 2.27. The van der Waals surface area contributed by atoms with Crippen LogP contribution in [-0.2, 0) is 6.54 Å². The second-order valence-electron chi connectivity index (χ2n) is 4.01. The van der Waals surface area contributed by atoms with E-state index < -0.39 is 0 Å². The van der Waals surface area contributed by atoms with Gasteiger partial charge in [0.15, 0.2) is 0 Å². The molecule has 0 radical (unpaired) electrons. The van der Waals surface area contributed by atoms with E-state index in [0.717, 1.165) is 19.4 Å². The third-order valence-electron chi connectivity index (χ3n) is 2.81. The van der Waals surface area contributed by atoms with Crippen LogP contribution in [0.2, 0.25) is 0 Å². The van der Waals surface area contributed by atoms with Crippen LogP contribution in [0.5, 0.6) is 0 Å². The summed E-state index contributed by atoms with van der Waals surface area (Å²) < 4.78 is 1.21. The molecule has 1 aromatic rings. The molecule has 4 heteroatoms. The maximum absolute atomic E-state index is 5.77. The number of hydrogen-bond donors (Lipinski definition) is 1. The zero-order chi connectivity index (χ0) is 10.1. The molecule has 0 unspecified atom stereocenters. The molecule has 2 rings (SSSR count). The Bertz CT molecular complexity index is 307. The molecular formula is C10H15BrN2S. The smallest absolute Gasteiger partial charge is 0.0701 e. The lowest BCUT2D eigenvalue weighted by molar-refractivity contribution is 0.133. The molecule has 1 aliphatic carbocycles. The largest absolute Gasteiger partial charge is 0.328 e. The fraction of sp³-hybridized carbons (Fsp3) is 0.600. The van der Waals surface area contributed by atoms with E-state index in [4.69, 9.17) is 5.73 Å². The first-order valence-corrected chi connectivity index (χ1v) is 6.46. The lowest BCUT2D eigenvalue weighted by atomic mass is 9.86. The zero-order valence-corrected chi connectivity index (χ0v) is 10.6. The minimum atomic E-state index is 0.442. The molecule has 0 aliphatic heterocycles. The number of halogens is 1. The van der Waals surface area contributed by atoms with Gasteiger partial charge < -0.3 is 5.73 Å². The molecule has 1 saturated carbocycles. The van der Waals surface area contributed by atoms with Crippen molar-refractivity contribution in [2.24, 2.45) is 5.73 Å². The molecule has 14 heavy (non-hydrogen) atoms. The Balaban J connectivity index is 1.85. The average Bonchev–Trinajstić information content (AvgIpc) is 2.45. The van der Waals surface area contributed by atoms with Gasteiger partial charge in [0.1, 0.15) is 0 Å². The summed E-state index contributed by atoms with van der Waals surface area (Å²) in [5, 5.41) is 0. The molecule has 1 aromatic heterocycles. The summed E-state index contributed by atoms with van der Waals surface area (Å²) in [5.74, 6) is 0. The van der Waals surface area contributed by atoms with E-state index in [0.29, 0.717) is 12.1 Å². The molecule has 0 amide bonds. The highest BCUT2D eigenvalue weighted by molar-refractivity contribution is 9.11. The van der Waals surface area contributed by atoms with Crippen LogP contribution in [0.4, 0.5) is 0 Å². The van der Waals surface area contributed by atoms with Crippen molar-refractivity contribution >= 4 is 27.3 Å². The van der Waals surface area contributed by atoms with Gasteiger partial charge in [-0.25, -0.2) is 0 Å². The summed E-state index contributed by atoms with van der Waals surface area (Å²) in [6.07, 6.45) is 2.31. The maximum Gasteiger partial charge on any atom is 0.0701 e. The van der Waals surface area contributed by atoms with E-state index in [2.05, 4.69) is 40.0 Å². The summed E-state index contributed by atoms with van der Waals surface area (Å²) in [6.45, 7) is 1.05. The van der Waals surface area contributed by atoms with Crippen molar-refractivity contribution in [1.29, 1.82) is 0 Å². The second kappa shape index (κ2) is 4.31. The van der Waals surface area contributed by atoms with E-state index in [1.54, 1.807) is 0 Å². The molecule has 0 aromatic carbocycles. The Kier molecular flexibility index (Phi) is 3.27. The lowest BCUT2D eigenvalue weighted by Gasteiger charge is -2.39. The van der Waals surface area contributed by atoms with E-state index in [-0.39, 0.29) is 0 Å². The van der Waals surface area contributed by atoms with Gasteiger partial charge in [-0.05, 0) is 48.0 Å². The Labute approximate surface area is 97.2 Å². The number of thiophene rings is 1. The van der Waals surface area contributed by atoms with Gasteiger partial charge in [0.25, 0.3) is 0 Å². The molecule has 2 nitrogen and oxygen atoms in total. The van der Waals surface area contributed by atoms with Crippen LogP contribution in [0, 0.1) is 0 Å². The van der Waals surface area contributed by atoms with Crippen LogP contribution >= 0.6 is 27.3 Å². The first kappa shape index (κ1) is 10.6. The number of nitrogens with zero attached hydrogens (tertiary/aromatic N) is 1. The summed E-state index contributed by atoms with van der Waals surface area (Å²) >= 11 is 5.29. The standard InChI is InChI=1S/C10H15BrN2S/c1-13(8-4-7(12)5-8)6-9-2-3-10(11)14-9/h2-3,7-8H,4-6,12H2,1H3. The Morgan fingerprint density at radius 2 is 2.29 bits per heavy atom. The van der Waals surface area contributed by atoms with Gasteiger partial charge in [-0.2, -0.15) is 0 Å². The second-order valence-corrected chi connectivity index (χ2v) is 6.55. The van der Waals surface area contributed by atoms with E-state index in [1.165, 1.54) is 8.66 Å². The van der Waals surface area contributed by atoms with Crippen molar-refractivity contribution in [2.75, 3.05) is 7.05 Å². The Morgan fingerprint density at radius 3 is 2.79 bits per heavy atom. The molecule has 1 aliphatic rings. The number of nitrogens with two attached hydrogens (primary N) is 1. The average molecular weight is 275 g/mol. The number of hydrogen-bond acceptors (Lipinski definition) is 3.